The van der Waals surface area contributed by atoms with Crippen molar-refractivity contribution in [1.29, 1.82) is 0 Å². The highest BCUT2D eigenvalue weighted by Gasteiger charge is 2.12. The van der Waals surface area contributed by atoms with E-state index in [1.54, 1.807) is 6.92 Å². The summed E-state index contributed by atoms with van der Waals surface area (Å²) in [5.41, 5.74) is 6.75. The molecular weight excluding hydrogens is 332 g/mol. The number of nitrogens with zero attached hydrogens (tertiary/aromatic N) is 2. The lowest BCUT2D eigenvalue weighted by Crippen LogP contribution is -2.06. The molecule has 0 aliphatic heterocycles. The van der Waals surface area contributed by atoms with E-state index in [2.05, 4.69) is 10.2 Å². The molecular formula is C17H17F2N3OS. The number of nitrogens with two attached hydrogens (primary N) is 1. The van der Waals surface area contributed by atoms with E-state index in [9.17, 15) is 8.78 Å². The first-order valence-corrected chi connectivity index (χ1v) is 8.24. The molecule has 0 bridgehead atoms. The summed E-state index contributed by atoms with van der Waals surface area (Å²) in [6, 6.07) is 12.1. The average molecular weight is 349 g/mol. The molecule has 2 aromatic rings. The van der Waals surface area contributed by atoms with Crippen molar-refractivity contribution in [1.82, 2.24) is 0 Å². The zero-order chi connectivity index (χ0) is 17.4. The maximum atomic E-state index is 13.8. The molecule has 0 radical (unpaired) electrons. The summed E-state index contributed by atoms with van der Waals surface area (Å²) < 4.78 is 32.4. The molecule has 4 nitrogen and oxygen atoms in total. The van der Waals surface area contributed by atoms with Crippen molar-refractivity contribution in [2.24, 2.45) is 15.9 Å². The topological polar surface area (TPSA) is 60.0 Å². The minimum absolute atomic E-state index is 0.0959. The lowest BCUT2D eigenvalue weighted by Gasteiger charge is -2.07. The van der Waals surface area contributed by atoms with Crippen LogP contribution in [0.1, 0.15) is 18.1 Å². The molecule has 24 heavy (non-hydrogen) atoms. The Morgan fingerprint density at radius 1 is 1.21 bits per heavy atom. The standard InChI is InChI=1S/C17H17F2N3OS/c1-2-23-15-9-8-14(18)16(19)13(15)10-21-22-17(20)24-11-12-6-4-3-5-7-12/h3-10H,2,11H2,1H3,(H2,20,22). The smallest absolute Gasteiger partial charge is 0.180 e. The zero-order valence-electron chi connectivity index (χ0n) is 13.1. The monoisotopic (exact) mass is 349 g/mol. The van der Waals surface area contributed by atoms with Gasteiger partial charge < -0.3 is 10.5 Å². The molecule has 2 aromatic carbocycles. The lowest BCUT2D eigenvalue weighted by atomic mass is 10.2. The number of halogens is 2. The van der Waals surface area contributed by atoms with Crippen LogP contribution >= 0.6 is 11.8 Å². The van der Waals surface area contributed by atoms with Gasteiger partial charge in [-0.15, -0.1) is 5.10 Å². The fraction of sp³-hybridized carbons (Fsp3) is 0.176. The van der Waals surface area contributed by atoms with Crippen LogP contribution in [0, 0.1) is 11.6 Å². The predicted octanol–water partition coefficient (Wildman–Crippen LogP) is 3.95. The first-order valence-electron chi connectivity index (χ1n) is 7.25. The molecule has 0 fully saturated rings. The quantitative estimate of drug-likeness (QED) is 0.488. The minimum atomic E-state index is -1.03. The normalized spacial score (nSPS) is 11.9. The van der Waals surface area contributed by atoms with Crippen molar-refractivity contribution < 1.29 is 13.5 Å². The highest BCUT2D eigenvalue weighted by molar-refractivity contribution is 8.13. The van der Waals surface area contributed by atoms with Gasteiger partial charge in [-0.25, -0.2) is 8.78 Å². The Balaban J connectivity index is 2.06. The number of ether oxygens (including phenoxy) is 1. The Morgan fingerprint density at radius 3 is 2.67 bits per heavy atom. The van der Waals surface area contributed by atoms with Crippen molar-refractivity contribution in [3.63, 3.8) is 0 Å². The Kier molecular flexibility index (Phi) is 6.74. The molecule has 2 N–H and O–H groups in total. The van der Waals surface area contributed by atoms with E-state index in [4.69, 9.17) is 10.5 Å². The molecule has 126 valence electrons. The molecule has 0 aliphatic carbocycles. The maximum absolute atomic E-state index is 13.8. The van der Waals surface area contributed by atoms with Crippen molar-refractivity contribution in [3.05, 3.63) is 65.2 Å². The van der Waals surface area contributed by atoms with Crippen molar-refractivity contribution in [2.45, 2.75) is 12.7 Å². The molecule has 0 aliphatic rings. The third kappa shape index (κ3) is 5.06. The zero-order valence-corrected chi connectivity index (χ0v) is 13.9. The summed E-state index contributed by atoms with van der Waals surface area (Å²) in [6.07, 6.45) is 1.10. The van der Waals surface area contributed by atoms with Crippen LogP contribution in [0.2, 0.25) is 0 Å². The van der Waals surface area contributed by atoms with Crippen LogP contribution in [0.5, 0.6) is 5.75 Å². The average Bonchev–Trinajstić information content (AvgIpc) is 2.60. The van der Waals surface area contributed by atoms with Gasteiger partial charge in [0, 0.05) is 5.75 Å². The summed E-state index contributed by atoms with van der Waals surface area (Å²) in [4.78, 5) is 0. The third-order valence-electron chi connectivity index (χ3n) is 2.97. The van der Waals surface area contributed by atoms with Crippen molar-refractivity contribution >= 4 is 23.1 Å². The number of amidine groups is 1. The molecule has 0 heterocycles. The second-order valence-corrected chi connectivity index (χ2v) is 5.66. The van der Waals surface area contributed by atoms with E-state index in [0.29, 0.717) is 12.4 Å². The molecule has 0 aromatic heterocycles. The Labute approximate surface area is 143 Å². The Morgan fingerprint density at radius 2 is 1.96 bits per heavy atom. The molecule has 7 heteroatoms. The van der Waals surface area contributed by atoms with Crippen molar-refractivity contribution in [3.8, 4) is 5.75 Å². The number of hydrogen-bond donors (Lipinski definition) is 1. The van der Waals surface area contributed by atoms with Gasteiger partial charge in [-0.2, -0.15) is 5.10 Å². The second-order valence-electron chi connectivity index (χ2n) is 4.66. The molecule has 0 atom stereocenters. The van der Waals surface area contributed by atoms with Crippen molar-refractivity contribution in [2.75, 3.05) is 6.61 Å². The molecule has 2 rings (SSSR count). The lowest BCUT2D eigenvalue weighted by molar-refractivity contribution is 0.335. The minimum Gasteiger partial charge on any atom is -0.493 e. The first-order chi connectivity index (χ1) is 11.6. The van der Waals surface area contributed by atoms with Gasteiger partial charge in [0.05, 0.1) is 18.4 Å². The summed E-state index contributed by atoms with van der Waals surface area (Å²) in [6.45, 7) is 2.07. The van der Waals surface area contributed by atoms with Gasteiger partial charge in [0.15, 0.2) is 16.8 Å². The van der Waals surface area contributed by atoms with Gasteiger partial charge in [0.2, 0.25) is 0 Å². The molecule has 0 amide bonds. The van der Waals surface area contributed by atoms with E-state index in [0.717, 1.165) is 17.8 Å². The highest BCUT2D eigenvalue weighted by Crippen LogP contribution is 2.22. The van der Waals surface area contributed by atoms with Crippen LogP contribution < -0.4 is 10.5 Å². The molecule has 0 spiro atoms. The maximum Gasteiger partial charge on any atom is 0.180 e. The van der Waals surface area contributed by atoms with E-state index < -0.39 is 11.6 Å². The summed E-state index contributed by atoms with van der Waals surface area (Å²) >= 11 is 1.30. The number of rotatable bonds is 6. The number of hydrogen-bond acceptors (Lipinski definition) is 4. The first kappa shape index (κ1) is 17.9. The van der Waals surface area contributed by atoms with Gasteiger partial charge in [0.1, 0.15) is 5.75 Å². The van der Waals surface area contributed by atoms with Gasteiger partial charge in [-0.05, 0) is 24.6 Å². The Bertz CT molecular complexity index is 736. The van der Waals surface area contributed by atoms with E-state index in [1.165, 1.54) is 17.8 Å². The summed E-state index contributed by atoms with van der Waals surface area (Å²) in [5.74, 6) is -1.17. The Hall–Kier alpha value is -2.41. The van der Waals surface area contributed by atoms with Gasteiger partial charge >= 0.3 is 0 Å². The van der Waals surface area contributed by atoms with Crippen LogP contribution in [0.15, 0.2) is 52.7 Å². The van der Waals surface area contributed by atoms with Gasteiger partial charge in [0.25, 0.3) is 0 Å². The van der Waals surface area contributed by atoms with Crippen LogP contribution in [0.25, 0.3) is 0 Å². The number of benzene rings is 2. The summed E-state index contributed by atoms with van der Waals surface area (Å²) in [5, 5.41) is 7.74. The third-order valence-corrected chi connectivity index (χ3v) is 3.82. The van der Waals surface area contributed by atoms with E-state index in [-0.39, 0.29) is 16.5 Å². The SMILES string of the molecule is CCOc1ccc(F)c(F)c1C=NN=C(N)SCc1ccccc1. The molecule has 0 saturated carbocycles. The van der Waals surface area contributed by atoms with Crippen LogP contribution in [0.4, 0.5) is 8.78 Å². The van der Waals surface area contributed by atoms with E-state index in [1.807, 2.05) is 30.3 Å². The second kappa shape index (κ2) is 9.02. The summed E-state index contributed by atoms with van der Waals surface area (Å²) in [7, 11) is 0. The van der Waals surface area contributed by atoms with Gasteiger partial charge in [-0.3, -0.25) is 0 Å². The fourth-order valence-corrected chi connectivity index (χ4v) is 2.47. The fourth-order valence-electron chi connectivity index (χ4n) is 1.85. The van der Waals surface area contributed by atoms with E-state index >= 15 is 0 Å². The number of thioether (sulfide) groups is 1. The highest BCUT2D eigenvalue weighted by atomic mass is 32.2. The predicted molar refractivity (Wildman–Crippen MR) is 94.5 cm³/mol. The van der Waals surface area contributed by atoms with Gasteiger partial charge in [-0.1, -0.05) is 42.1 Å². The van der Waals surface area contributed by atoms with Crippen LogP contribution in [-0.2, 0) is 5.75 Å². The molecule has 0 saturated heterocycles. The molecule has 0 unspecified atom stereocenters. The largest absolute Gasteiger partial charge is 0.493 e. The van der Waals surface area contributed by atoms with Crippen LogP contribution in [-0.4, -0.2) is 18.0 Å². The van der Waals surface area contributed by atoms with Crippen LogP contribution in [0.3, 0.4) is 0 Å².